The molecule has 1 rings (SSSR count). The quantitative estimate of drug-likeness (QED) is 0.545. The first-order chi connectivity index (χ1) is 5.80. The van der Waals surface area contributed by atoms with Crippen LogP contribution in [0.3, 0.4) is 0 Å². The van der Waals surface area contributed by atoms with Crippen LogP contribution in [0.15, 0.2) is 33.2 Å². The van der Waals surface area contributed by atoms with Gasteiger partial charge in [-0.15, -0.1) is 0 Å². The molecule has 0 aliphatic rings. The van der Waals surface area contributed by atoms with E-state index in [0.29, 0.717) is 0 Å². The topological polar surface area (TPSA) is 0 Å². The molecule has 0 bridgehead atoms. The van der Waals surface area contributed by atoms with Crippen molar-refractivity contribution in [1.29, 1.82) is 0 Å². The average Bonchev–Trinajstić information content (AvgIpc) is 1.92. The lowest BCUT2D eigenvalue weighted by Gasteiger charge is -1.89. The van der Waals surface area contributed by atoms with Crippen LogP contribution in [0.25, 0.3) is 0 Å². The van der Waals surface area contributed by atoms with E-state index in [-0.39, 0.29) is 0 Å². The molecule has 1 aromatic rings. The van der Waals surface area contributed by atoms with Gasteiger partial charge in [0.15, 0.2) is 0 Å². The SMILES string of the molecule is Brc1ccccc1Br.FC(F)(F)Br. The Morgan fingerprint density at radius 1 is 0.923 bits per heavy atom. The van der Waals surface area contributed by atoms with Gasteiger partial charge in [-0.25, -0.2) is 0 Å². The lowest BCUT2D eigenvalue weighted by atomic mass is 10.4. The highest BCUT2D eigenvalue weighted by molar-refractivity contribution is 9.13. The normalized spacial score (nSPS) is 10.3. The van der Waals surface area contributed by atoms with Crippen LogP contribution in [0, 0.1) is 0 Å². The van der Waals surface area contributed by atoms with E-state index in [4.69, 9.17) is 0 Å². The van der Waals surface area contributed by atoms with Crippen LogP contribution in [-0.4, -0.2) is 5.09 Å². The Labute approximate surface area is 98.9 Å². The van der Waals surface area contributed by atoms with Gasteiger partial charge in [-0.1, -0.05) is 12.1 Å². The molecular formula is C7H4Br3F3. The molecule has 0 spiro atoms. The number of rotatable bonds is 0. The molecule has 74 valence electrons. The second kappa shape index (κ2) is 6.03. The molecule has 0 aliphatic carbocycles. The zero-order chi connectivity index (χ0) is 10.5. The molecule has 0 fully saturated rings. The van der Waals surface area contributed by atoms with Crippen LogP contribution < -0.4 is 0 Å². The van der Waals surface area contributed by atoms with Crippen molar-refractivity contribution >= 4 is 47.8 Å². The number of hydrogen-bond acceptors (Lipinski definition) is 0. The molecule has 0 atom stereocenters. The lowest BCUT2D eigenvalue weighted by molar-refractivity contribution is -0.0245. The minimum atomic E-state index is -4.19. The van der Waals surface area contributed by atoms with Crippen molar-refractivity contribution in [2.24, 2.45) is 0 Å². The third-order valence-corrected chi connectivity index (χ3v) is 2.74. The van der Waals surface area contributed by atoms with E-state index in [1.165, 1.54) is 15.9 Å². The van der Waals surface area contributed by atoms with Crippen LogP contribution in [0.2, 0.25) is 0 Å². The smallest absolute Gasteiger partial charge is 0.160 e. The summed E-state index contributed by atoms with van der Waals surface area (Å²) in [6.45, 7) is 0. The summed E-state index contributed by atoms with van der Waals surface area (Å²) in [5.74, 6) is 0. The molecule has 0 amide bonds. The Hall–Kier alpha value is 0.450. The van der Waals surface area contributed by atoms with E-state index >= 15 is 0 Å². The first kappa shape index (κ1) is 13.4. The molecular weight excluding hydrogens is 381 g/mol. The minimum absolute atomic E-state index is 1.10. The minimum Gasteiger partial charge on any atom is -0.160 e. The summed E-state index contributed by atoms with van der Waals surface area (Å²) >= 11 is 8.07. The Kier molecular flexibility index (Phi) is 6.24. The fraction of sp³-hybridized carbons (Fsp3) is 0.143. The highest BCUT2D eigenvalue weighted by Crippen LogP contribution is 2.21. The third kappa shape index (κ3) is 10.4. The number of benzene rings is 1. The zero-order valence-corrected chi connectivity index (χ0v) is 10.8. The van der Waals surface area contributed by atoms with Gasteiger partial charge < -0.3 is 0 Å². The predicted octanol–water partition coefficient (Wildman–Crippen LogP) is 5.11. The standard InChI is InChI=1S/C6H4Br2.CBrF3/c7-5-3-1-2-4-6(5)8;2-1(3,4)5/h1-4H;. The molecule has 0 radical (unpaired) electrons. The second-order valence-corrected chi connectivity index (χ2v) is 4.45. The van der Waals surface area contributed by atoms with Gasteiger partial charge in [0.05, 0.1) is 0 Å². The maximum atomic E-state index is 10.3. The van der Waals surface area contributed by atoms with Crippen LogP contribution in [0.4, 0.5) is 13.2 Å². The molecule has 6 heteroatoms. The van der Waals surface area contributed by atoms with Crippen molar-refractivity contribution < 1.29 is 13.2 Å². The van der Waals surface area contributed by atoms with Crippen molar-refractivity contribution in [3.63, 3.8) is 0 Å². The number of hydrogen-bond donors (Lipinski definition) is 0. The van der Waals surface area contributed by atoms with Gasteiger partial charge in [-0.05, 0) is 44.0 Å². The molecule has 1 aromatic carbocycles. The third-order valence-electron chi connectivity index (χ3n) is 0.824. The van der Waals surface area contributed by atoms with Gasteiger partial charge >= 0.3 is 5.09 Å². The highest BCUT2D eigenvalue weighted by Gasteiger charge is 2.19. The molecule has 0 nitrogen and oxygen atoms in total. The van der Waals surface area contributed by atoms with Crippen molar-refractivity contribution in [2.45, 2.75) is 5.09 Å². The van der Waals surface area contributed by atoms with Crippen LogP contribution in [0.1, 0.15) is 0 Å². The van der Waals surface area contributed by atoms with Crippen LogP contribution >= 0.6 is 47.8 Å². The van der Waals surface area contributed by atoms with Crippen LogP contribution in [0.5, 0.6) is 0 Å². The molecule has 0 unspecified atom stereocenters. The summed E-state index contributed by atoms with van der Waals surface area (Å²) in [6.07, 6.45) is 0. The lowest BCUT2D eigenvalue weighted by Crippen LogP contribution is -1.88. The monoisotopic (exact) mass is 382 g/mol. The molecule has 0 saturated heterocycles. The van der Waals surface area contributed by atoms with E-state index in [2.05, 4.69) is 31.9 Å². The van der Waals surface area contributed by atoms with E-state index in [1.54, 1.807) is 0 Å². The fourth-order valence-corrected chi connectivity index (χ4v) is 1.01. The van der Waals surface area contributed by atoms with E-state index in [9.17, 15) is 13.2 Å². The molecule has 0 saturated carbocycles. The highest BCUT2D eigenvalue weighted by atomic mass is 79.9. The molecule has 0 heterocycles. The summed E-state index contributed by atoms with van der Waals surface area (Å²) < 4.78 is 33.0. The zero-order valence-electron chi connectivity index (χ0n) is 6.08. The van der Waals surface area contributed by atoms with Gasteiger partial charge in [0.25, 0.3) is 0 Å². The summed E-state index contributed by atoms with van der Waals surface area (Å²) in [5.41, 5.74) is 0. The average molecular weight is 385 g/mol. The van der Waals surface area contributed by atoms with Crippen molar-refractivity contribution in [2.75, 3.05) is 0 Å². The first-order valence-corrected chi connectivity index (χ1v) is 5.34. The van der Waals surface area contributed by atoms with E-state index < -0.39 is 5.09 Å². The van der Waals surface area contributed by atoms with Gasteiger partial charge in [0.2, 0.25) is 0 Å². The summed E-state index contributed by atoms with van der Waals surface area (Å²) in [7, 11) is 0. The van der Waals surface area contributed by atoms with Gasteiger partial charge in [-0.3, -0.25) is 0 Å². The summed E-state index contributed by atoms with van der Waals surface area (Å²) in [5, 5.41) is -4.19. The maximum Gasteiger partial charge on any atom is 0.448 e. The van der Waals surface area contributed by atoms with Crippen molar-refractivity contribution in [1.82, 2.24) is 0 Å². The predicted molar refractivity (Wildman–Crippen MR) is 56.8 cm³/mol. The Balaban J connectivity index is 0.000000252. The maximum absolute atomic E-state index is 10.3. The van der Waals surface area contributed by atoms with Crippen molar-refractivity contribution in [3.05, 3.63) is 33.2 Å². The number of halogens is 6. The molecule has 13 heavy (non-hydrogen) atoms. The van der Waals surface area contributed by atoms with E-state index in [0.717, 1.165) is 8.95 Å². The summed E-state index contributed by atoms with van der Waals surface area (Å²) in [4.78, 5) is 0. The Morgan fingerprint density at radius 3 is 1.31 bits per heavy atom. The fourth-order valence-electron chi connectivity index (χ4n) is 0.439. The van der Waals surface area contributed by atoms with Gasteiger partial charge in [0.1, 0.15) is 0 Å². The van der Waals surface area contributed by atoms with Crippen molar-refractivity contribution in [3.8, 4) is 0 Å². The summed E-state index contributed by atoms with van der Waals surface area (Å²) in [6, 6.07) is 7.94. The van der Waals surface area contributed by atoms with Gasteiger partial charge in [-0.2, -0.15) is 13.2 Å². The Bertz CT molecular complexity index is 232. The molecule has 0 aromatic heterocycles. The van der Waals surface area contributed by atoms with E-state index in [1.807, 2.05) is 24.3 Å². The Morgan fingerprint density at radius 2 is 1.15 bits per heavy atom. The molecule has 0 aliphatic heterocycles. The largest absolute Gasteiger partial charge is 0.448 e. The van der Waals surface area contributed by atoms with Crippen LogP contribution in [-0.2, 0) is 0 Å². The first-order valence-electron chi connectivity index (χ1n) is 2.96. The molecule has 0 N–H and O–H groups in total. The number of alkyl halides is 4. The van der Waals surface area contributed by atoms with Gasteiger partial charge in [0, 0.05) is 24.9 Å². The second-order valence-electron chi connectivity index (χ2n) is 1.84.